The standard InChI is InChI=1S/C22H30N2O2/c1-2-23-16-22(15-19(21(23)26)17-7-4-3-5-8-17)11-13-24(14-12-22)20(25)18-9-6-10-18/h3-5,7-8,18-19H,2,6,9-16H2,1H3/t19-/m1/s1. The SMILES string of the molecule is CCN1CC2(CCN(C(=O)C3CCC3)CC2)C[C@H](c2ccccc2)C1=O. The Bertz CT molecular complexity index is 660. The zero-order valence-corrected chi connectivity index (χ0v) is 15.8. The van der Waals surface area contributed by atoms with Crippen LogP contribution in [0.1, 0.15) is 56.9 Å². The minimum Gasteiger partial charge on any atom is -0.342 e. The number of carbonyl (C=O) groups is 2. The molecule has 1 aliphatic carbocycles. The largest absolute Gasteiger partial charge is 0.342 e. The second kappa shape index (κ2) is 7.05. The highest BCUT2D eigenvalue weighted by atomic mass is 16.2. The van der Waals surface area contributed by atoms with Crippen LogP contribution >= 0.6 is 0 Å². The van der Waals surface area contributed by atoms with E-state index in [0.717, 1.165) is 63.8 Å². The molecule has 0 unspecified atom stereocenters. The molecule has 1 aromatic rings. The Hall–Kier alpha value is -1.84. The summed E-state index contributed by atoms with van der Waals surface area (Å²) in [6, 6.07) is 10.2. The zero-order valence-electron chi connectivity index (χ0n) is 15.8. The smallest absolute Gasteiger partial charge is 0.230 e. The van der Waals surface area contributed by atoms with Crippen LogP contribution in [0.3, 0.4) is 0 Å². The Kier molecular flexibility index (Phi) is 4.76. The molecular formula is C22H30N2O2. The maximum absolute atomic E-state index is 13.0. The number of likely N-dealkylation sites (tertiary alicyclic amines) is 2. The van der Waals surface area contributed by atoms with Crippen LogP contribution in [0.15, 0.2) is 30.3 Å². The molecule has 26 heavy (non-hydrogen) atoms. The molecule has 2 amide bonds. The van der Waals surface area contributed by atoms with Crippen molar-refractivity contribution in [3.63, 3.8) is 0 Å². The highest BCUT2D eigenvalue weighted by Gasteiger charge is 2.46. The van der Waals surface area contributed by atoms with Crippen LogP contribution in [0.4, 0.5) is 0 Å². The topological polar surface area (TPSA) is 40.6 Å². The molecule has 1 saturated carbocycles. The van der Waals surface area contributed by atoms with Crippen molar-refractivity contribution in [1.29, 1.82) is 0 Å². The Morgan fingerprint density at radius 2 is 1.85 bits per heavy atom. The van der Waals surface area contributed by atoms with Crippen molar-refractivity contribution < 1.29 is 9.59 Å². The maximum atomic E-state index is 13.0. The number of hydrogen-bond acceptors (Lipinski definition) is 2. The van der Waals surface area contributed by atoms with Gasteiger partial charge in [-0.1, -0.05) is 36.8 Å². The molecule has 0 bridgehead atoms. The maximum Gasteiger partial charge on any atom is 0.230 e. The van der Waals surface area contributed by atoms with Gasteiger partial charge in [0.15, 0.2) is 0 Å². The quantitative estimate of drug-likeness (QED) is 0.834. The van der Waals surface area contributed by atoms with Gasteiger partial charge in [0.2, 0.25) is 11.8 Å². The van der Waals surface area contributed by atoms with Gasteiger partial charge >= 0.3 is 0 Å². The highest BCUT2D eigenvalue weighted by Crippen LogP contribution is 2.46. The third kappa shape index (κ3) is 3.15. The number of hydrogen-bond donors (Lipinski definition) is 0. The van der Waals surface area contributed by atoms with E-state index in [1.54, 1.807) is 0 Å². The zero-order chi connectivity index (χ0) is 18.1. The predicted octanol–water partition coefficient (Wildman–Crippen LogP) is 3.43. The van der Waals surface area contributed by atoms with Crippen molar-refractivity contribution in [2.75, 3.05) is 26.2 Å². The minimum absolute atomic E-state index is 0.0289. The van der Waals surface area contributed by atoms with Gasteiger partial charge in [-0.05, 0) is 50.0 Å². The molecule has 4 nitrogen and oxygen atoms in total. The lowest BCUT2D eigenvalue weighted by Crippen LogP contribution is -2.55. The Balaban J connectivity index is 1.49. The molecule has 1 aromatic carbocycles. The van der Waals surface area contributed by atoms with E-state index in [1.165, 1.54) is 6.42 Å². The van der Waals surface area contributed by atoms with Gasteiger partial charge in [0, 0.05) is 32.1 Å². The summed E-state index contributed by atoms with van der Waals surface area (Å²) in [4.78, 5) is 29.7. The average molecular weight is 354 g/mol. The highest BCUT2D eigenvalue weighted by molar-refractivity contribution is 5.85. The van der Waals surface area contributed by atoms with Crippen LogP contribution in [0.2, 0.25) is 0 Å². The minimum atomic E-state index is -0.0289. The summed E-state index contributed by atoms with van der Waals surface area (Å²) in [6.45, 7) is 5.44. The molecule has 4 heteroatoms. The van der Waals surface area contributed by atoms with E-state index in [9.17, 15) is 9.59 Å². The van der Waals surface area contributed by atoms with Gasteiger partial charge in [0.05, 0.1) is 5.92 Å². The van der Waals surface area contributed by atoms with E-state index < -0.39 is 0 Å². The van der Waals surface area contributed by atoms with Crippen LogP contribution in [-0.4, -0.2) is 47.8 Å². The molecule has 2 heterocycles. The van der Waals surface area contributed by atoms with Gasteiger partial charge < -0.3 is 9.80 Å². The van der Waals surface area contributed by atoms with E-state index in [-0.39, 0.29) is 17.2 Å². The summed E-state index contributed by atoms with van der Waals surface area (Å²) in [6.07, 6.45) is 6.35. The van der Waals surface area contributed by atoms with E-state index in [4.69, 9.17) is 0 Å². The van der Waals surface area contributed by atoms with E-state index >= 15 is 0 Å². The average Bonchev–Trinajstić information content (AvgIpc) is 2.63. The normalized spacial score (nSPS) is 26.0. The van der Waals surface area contributed by atoms with E-state index in [1.807, 2.05) is 23.1 Å². The monoisotopic (exact) mass is 354 g/mol. The van der Waals surface area contributed by atoms with Gasteiger partial charge in [0.25, 0.3) is 0 Å². The Labute approximate surface area is 156 Å². The van der Waals surface area contributed by atoms with Crippen LogP contribution in [0, 0.1) is 11.3 Å². The lowest BCUT2D eigenvalue weighted by Gasteiger charge is -2.50. The molecule has 2 saturated heterocycles. The van der Waals surface area contributed by atoms with Crippen molar-refractivity contribution in [3.05, 3.63) is 35.9 Å². The summed E-state index contributed by atoms with van der Waals surface area (Å²) in [5.41, 5.74) is 1.31. The van der Waals surface area contributed by atoms with E-state index in [2.05, 4.69) is 24.0 Å². The fourth-order valence-electron chi connectivity index (χ4n) is 4.98. The molecule has 0 N–H and O–H groups in total. The van der Waals surface area contributed by atoms with Crippen LogP contribution in [0.25, 0.3) is 0 Å². The molecule has 1 spiro atoms. The predicted molar refractivity (Wildman–Crippen MR) is 102 cm³/mol. The summed E-state index contributed by atoms with van der Waals surface area (Å²) in [7, 11) is 0. The number of rotatable bonds is 3. The molecular weight excluding hydrogens is 324 g/mol. The van der Waals surface area contributed by atoms with Gasteiger partial charge in [-0.2, -0.15) is 0 Å². The van der Waals surface area contributed by atoms with Gasteiger partial charge in [-0.25, -0.2) is 0 Å². The summed E-state index contributed by atoms with van der Waals surface area (Å²) in [5.74, 6) is 0.919. The van der Waals surface area contributed by atoms with Gasteiger partial charge in [-0.15, -0.1) is 0 Å². The van der Waals surface area contributed by atoms with Crippen molar-refractivity contribution in [2.45, 2.75) is 51.4 Å². The lowest BCUT2D eigenvalue weighted by molar-refractivity contribution is -0.147. The van der Waals surface area contributed by atoms with Crippen LogP contribution in [-0.2, 0) is 9.59 Å². The summed E-state index contributed by atoms with van der Waals surface area (Å²) in [5, 5.41) is 0. The second-order valence-electron chi connectivity index (χ2n) is 8.47. The lowest BCUT2D eigenvalue weighted by atomic mass is 9.67. The third-order valence-electron chi connectivity index (χ3n) is 6.95. The number of piperidine rings is 2. The second-order valence-corrected chi connectivity index (χ2v) is 8.47. The molecule has 3 aliphatic rings. The first-order valence-corrected chi connectivity index (χ1v) is 10.2. The number of amides is 2. The molecule has 0 radical (unpaired) electrons. The molecule has 140 valence electrons. The first kappa shape index (κ1) is 17.6. The fraction of sp³-hybridized carbons (Fsp3) is 0.636. The number of benzene rings is 1. The fourth-order valence-corrected chi connectivity index (χ4v) is 4.98. The molecule has 4 rings (SSSR count). The van der Waals surface area contributed by atoms with Crippen molar-refractivity contribution in [3.8, 4) is 0 Å². The number of likely N-dealkylation sites (N-methyl/N-ethyl adjacent to an activating group) is 1. The third-order valence-corrected chi connectivity index (χ3v) is 6.95. The molecule has 2 aliphatic heterocycles. The number of carbonyl (C=O) groups excluding carboxylic acids is 2. The van der Waals surface area contributed by atoms with E-state index in [0.29, 0.717) is 11.8 Å². The Morgan fingerprint density at radius 3 is 2.42 bits per heavy atom. The summed E-state index contributed by atoms with van der Waals surface area (Å²) < 4.78 is 0. The van der Waals surface area contributed by atoms with Crippen LogP contribution in [0.5, 0.6) is 0 Å². The van der Waals surface area contributed by atoms with Gasteiger partial charge in [-0.3, -0.25) is 9.59 Å². The Morgan fingerprint density at radius 1 is 1.15 bits per heavy atom. The summed E-state index contributed by atoms with van der Waals surface area (Å²) >= 11 is 0. The molecule has 0 aromatic heterocycles. The molecule has 1 atom stereocenters. The number of nitrogens with zero attached hydrogens (tertiary/aromatic N) is 2. The van der Waals surface area contributed by atoms with Crippen molar-refractivity contribution >= 4 is 11.8 Å². The first-order valence-electron chi connectivity index (χ1n) is 10.2. The van der Waals surface area contributed by atoms with Crippen molar-refractivity contribution in [2.24, 2.45) is 11.3 Å². The first-order chi connectivity index (χ1) is 12.6. The molecule has 3 fully saturated rings. The van der Waals surface area contributed by atoms with Crippen molar-refractivity contribution in [1.82, 2.24) is 9.80 Å². The van der Waals surface area contributed by atoms with Crippen LogP contribution < -0.4 is 0 Å². The van der Waals surface area contributed by atoms with Gasteiger partial charge in [0.1, 0.15) is 0 Å².